The van der Waals surface area contributed by atoms with Gasteiger partial charge in [-0.05, 0) is 0 Å². The Labute approximate surface area is 300 Å². The molecule has 0 spiro atoms. The van der Waals surface area contributed by atoms with Crippen LogP contribution in [-0.4, -0.2) is 3.21 Å². The van der Waals surface area contributed by atoms with Crippen LogP contribution in [0.2, 0.25) is 5.02 Å². The first kappa shape index (κ1) is 32.0. The van der Waals surface area contributed by atoms with Crippen LogP contribution in [0.5, 0.6) is 0 Å². The predicted octanol–water partition coefficient (Wildman–Crippen LogP) is 5.61. The Bertz CT molecular complexity index is 2430. The van der Waals surface area contributed by atoms with Crippen LogP contribution in [0.3, 0.4) is 0 Å². The van der Waals surface area contributed by atoms with E-state index in [2.05, 4.69) is 152 Å². The fraction of sp³-hybridized carbons (Fsp3) is 0.0465. The van der Waals surface area contributed by atoms with E-state index < -0.39 is 21.3 Å². The van der Waals surface area contributed by atoms with E-state index in [-0.39, 0.29) is 24.8 Å². The smallest absolute Gasteiger partial charge is 1.00 e. The van der Waals surface area contributed by atoms with Crippen LogP contribution in [0.1, 0.15) is 32.3 Å². The van der Waals surface area contributed by atoms with Crippen LogP contribution < -0.4 is 24.8 Å². The van der Waals surface area contributed by atoms with Gasteiger partial charge in [0.2, 0.25) is 0 Å². The summed E-state index contributed by atoms with van der Waals surface area (Å²) in [6.07, 6.45) is 8.11. The molecule has 0 radical (unpaired) electrons. The van der Waals surface area contributed by atoms with Crippen LogP contribution in [0, 0.1) is 0 Å². The maximum atomic E-state index is 6.81. The fourth-order valence-electron chi connectivity index (χ4n) is 7.87. The molecule has 0 bridgehead atoms. The molecule has 0 saturated carbocycles. The molecular formula is C43H29Cl3Zr. The summed E-state index contributed by atoms with van der Waals surface area (Å²) in [5.74, 6) is 0. The molecule has 0 amide bonds. The molecule has 0 saturated heterocycles. The Kier molecular flexibility index (Phi) is 8.95. The molecule has 0 nitrogen and oxygen atoms in total. The van der Waals surface area contributed by atoms with Crippen molar-refractivity contribution in [1.29, 1.82) is 0 Å². The SMILES string of the molecule is Clc1cccc(/[C](c2cccc3ccccc23)=[Zr+2](\[C]2=CC=CC2)[CH]2c3ccccc3-c3c2c2ccccc2c2ccccc32)c1.[Cl-].[Cl-]. The molecule has 0 aromatic heterocycles. The third kappa shape index (κ3) is 5.20. The van der Waals surface area contributed by atoms with E-state index in [9.17, 15) is 0 Å². The van der Waals surface area contributed by atoms with Crippen LogP contribution >= 0.6 is 11.6 Å². The standard InChI is InChI=1S/C21H13.C17H11Cl.C5H5.2ClH.Zr/c1-2-8-15-14(7-1)13-20-18-11-4-3-9-16(18)17-10-5-6-12-19(17)21(15)20;18-16-9-3-5-13(12-16)11-15-8-4-7-14-6-1-2-10-17(14)15;1-2-4-5-3-1;;;/h1-13H;1-10,12H;1-3H,4H2;2*1H;/q;;;;;+2/p-2. The van der Waals surface area contributed by atoms with Gasteiger partial charge in [-0.15, -0.1) is 0 Å². The molecule has 2 aliphatic rings. The van der Waals surface area contributed by atoms with Crippen molar-refractivity contribution in [2.24, 2.45) is 0 Å². The topological polar surface area (TPSA) is 0 Å². The van der Waals surface area contributed by atoms with Gasteiger partial charge in [0.15, 0.2) is 0 Å². The molecule has 4 heteroatoms. The van der Waals surface area contributed by atoms with Crippen molar-refractivity contribution in [3.05, 3.63) is 188 Å². The first-order valence-corrected chi connectivity index (χ1v) is 19.9. The number of allylic oxidation sites excluding steroid dienone is 4. The summed E-state index contributed by atoms with van der Waals surface area (Å²) < 4.78 is 3.47. The number of halogens is 3. The number of fused-ring (bicyclic) bond motifs is 9. The summed E-state index contributed by atoms with van der Waals surface area (Å²) in [5.41, 5.74) is 8.44. The molecule has 0 N–H and O–H groups in total. The summed E-state index contributed by atoms with van der Waals surface area (Å²) in [4.78, 5) is 0. The Morgan fingerprint density at radius 3 is 2.02 bits per heavy atom. The van der Waals surface area contributed by atoms with Gasteiger partial charge >= 0.3 is 278 Å². The van der Waals surface area contributed by atoms with Crippen LogP contribution in [0.4, 0.5) is 0 Å². The van der Waals surface area contributed by atoms with Gasteiger partial charge in [0.1, 0.15) is 0 Å². The van der Waals surface area contributed by atoms with Gasteiger partial charge in [-0.25, -0.2) is 0 Å². The normalized spacial score (nSPS) is 14.7. The van der Waals surface area contributed by atoms with Crippen molar-refractivity contribution in [3.63, 3.8) is 0 Å². The second-order valence-electron chi connectivity index (χ2n) is 12.1. The van der Waals surface area contributed by atoms with Crippen molar-refractivity contribution in [1.82, 2.24) is 0 Å². The average Bonchev–Trinajstić information content (AvgIpc) is 3.75. The van der Waals surface area contributed by atoms with Gasteiger partial charge in [0.25, 0.3) is 0 Å². The minimum absolute atomic E-state index is 0. The van der Waals surface area contributed by atoms with Crippen LogP contribution in [0.25, 0.3) is 43.4 Å². The first-order valence-electron chi connectivity index (χ1n) is 15.6. The van der Waals surface area contributed by atoms with Crippen molar-refractivity contribution in [3.8, 4) is 11.1 Å². The summed E-state index contributed by atoms with van der Waals surface area (Å²) in [5, 5.41) is 8.81. The number of rotatable bonds is 4. The monoisotopic (exact) mass is 740 g/mol. The average molecular weight is 743 g/mol. The first-order chi connectivity index (χ1) is 22.3. The summed E-state index contributed by atoms with van der Waals surface area (Å²) in [6.45, 7) is 0. The Morgan fingerprint density at radius 2 is 1.26 bits per heavy atom. The molecule has 2 aliphatic carbocycles. The van der Waals surface area contributed by atoms with Crippen molar-refractivity contribution < 1.29 is 46.1 Å². The minimum atomic E-state index is -2.92. The Morgan fingerprint density at radius 1 is 0.617 bits per heavy atom. The van der Waals surface area contributed by atoms with Gasteiger partial charge in [-0.2, -0.15) is 0 Å². The van der Waals surface area contributed by atoms with Crippen LogP contribution in [0.15, 0.2) is 161 Å². The van der Waals surface area contributed by atoms with E-state index in [1.165, 1.54) is 68.9 Å². The van der Waals surface area contributed by atoms with Gasteiger partial charge in [-0.3, -0.25) is 0 Å². The summed E-state index contributed by atoms with van der Waals surface area (Å²) in [7, 11) is 0. The maximum Gasteiger partial charge on any atom is -1.00 e. The van der Waals surface area contributed by atoms with E-state index in [0.717, 1.165) is 11.4 Å². The van der Waals surface area contributed by atoms with Crippen molar-refractivity contribution >= 4 is 47.1 Å². The molecule has 7 aromatic rings. The van der Waals surface area contributed by atoms with E-state index in [1.807, 2.05) is 6.07 Å². The van der Waals surface area contributed by atoms with Gasteiger partial charge in [-0.1, -0.05) is 0 Å². The van der Waals surface area contributed by atoms with Gasteiger partial charge in [0, 0.05) is 0 Å². The van der Waals surface area contributed by atoms with E-state index in [1.54, 1.807) is 3.28 Å². The zero-order chi connectivity index (χ0) is 29.9. The molecule has 0 fully saturated rings. The Balaban J connectivity index is 0.00000176. The molecule has 7 aromatic carbocycles. The maximum absolute atomic E-state index is 6.81. The van der Waals surface area contributed by atoms with Crippen molar-refractivity contribution in [2.75, 3.05) is 0 Å². The largest absolute Gasteiger partial charge is 1.00 e. The number of hydrogen-bond donors (Lipinski definition) is 0. The van der Waals surface area contributed by atoms with E-state index in [4.69, 9.17) is 11.6 Å². The number of benzene rings is 7. The molecular weight excluding hydrogens is 714 g/mol. The number of hydrogen-bond acceptors (Lipinski definition) is 0. The van der Waals surface area contributed by atoms with E-state index in [0.29, 0.717) is 3.63 Å². The predicted molar refractivity (Wildman–Crippen MR) is 189 cm³/mol. The van der Waals surface area contributed by atoms with Crippen LogP contribution in [-0.2, 0) is 21.3 Å². The zero-order valence-corrected chi connectivity index (χ0v) is 30.2. The van der Waals surface area contributed by atoms with Crippen molar-refractivity contribution in [2.45, 2.75) is 10.0 Å². The second-order valence-corrected chi connectivity index (χ2v) is 18.7. The molecule has 1 atom stereocenters. The molecule has 1 unspecified atom stereocenters. The second kappa shape index (κ2) is 13.1. The quantitative estimate of drug-likeness (QED) is 0.206. The fourth-order valence-corrected chi connectivity index (χ4v) is 17.2. The summed E-state index contributed by atoms with van der Waals surface area (Å²) in [6, 6.07) is 51.8. The third-order valence-electron chi connectivity index (χ3n) is 9.65. The molecule has 226 valence electrons. The van der Waals surface area contributed by atoms with E-state index >= 15 is 0 Å². The molecule has 9 rings (SSSR count). The molecule has 0 aliphatic heterocycles. The van der Waals surface area contributed by atoms with Gasteiger partial charge in [0.05, 0.1) is 0 Å². The minimum Gasteiger partial charge on any atom is -1.00 e. The third-order valence-corrected chi connectivity index (χ3v) is 18.1. The molecule has 0 heterocycles. The summed E-state index contributed by atoms with van der Waals surface area (Å²) >= 11 is 3.88. The van der Waals surface area contributed by atoms with Gasteiger partial charge < -0.3 is 24.8 Å². The molecule has 47 heavy (non-hydrogen) atoms. The zero-order valence-electron chi connectivity index (χ0n) is 25.4. The Hall–Kier alpha value is -3.58.